The van der Waals surface area contributed by atoms with Crippen molar-refractivity contribution >= 4 is 23.5 Å². The maximum absolute atomic E-state index is 12.0. The van der Waals surface area contributed by atoms with Gasteiger partial charge in [0.25, 0.3) is 5.91 Å². The molecule has 2 heterocycles. The van der Waals surface area contributed by atoms with E-state index in [1.54, 1.807) is 23.6 Å². The minimum absolute atomic E-state index is 0.321. The standard InChI is InChI=1S/C16H14N4OS/c1-11-4-6-12(7-5-11)14-9-15(19-18-14)16(21)20-17-10-13-3-2-8-22-13/h2-10H,1H3,(H,18,19)(H,20,21)/b17-10+. The van der Waals surface area contributed by atoms with E-state index in [-0.39, 0.29) is 5.91 Å². The molecule has 2 aromatic heterocycles. The summed E-state index contributed by atoms with van der Waals surface area (Å²) in [6, 6.07) is 13.5. The van der Waals surface area contributed by atoms with Crippen LogP contribution in [0.15, 0.2) is 52.9 Å². The normalized spacial score (nSPS) is 11.0. The molecule has 0 spiro atoms. The number of hydrogen-bond acceptors (Lipinski definition) is 4. The summed E-state index contributed by atoms with van der Waals surface area (Å²) in [6.45, 7) is 2.03. The van der Waals surface area contributed by atoms with Crippen LogP contribution in [0.2, 0.25) is 0 Å². The zero-order chi connectivity index (χ0) is 15.4. The van der Waals surface area contributed by atoms with Crippen LogP contribution in [0.1, 0.15) is 20.9 Å². The first-order valence-corrected chi connectivity index (χ1v) is 7.60. The number of nitrogens with zero attached hydrogens (tertiary/aromatic N) is 2. The molecule has 22 heavy (non-hydrogen) atoms. The number of carbonyl (C=O) groups excluding carboxylic acids is 1. The van der Waals surface area contributed by atoms with Crippen LogP contribution in [-0.4, -0.2) is 22.3 Å². The van der Waals surface area contributed by atoms with Crippen LogP contribution in [0, 0.1) is 6.92 Å². The monoisotopic (exact) mass is 310 g/mol. The van der Waals surface area contributed by atoms with Crippen LogP contribution >= 0.6 is 11.3 Å². The highest BCUT2D eigenvalue weighted by atomic mass is 32.1. The molecule has 0 saturated carbocycles. The maximum atomic E-state index is 12.0. The molecule has 2 N–H and O–H groups in total. The van der Waals surface area contributed by atoms with E-state index in [1.807, 2.05) is 48.7 Å². The van der Waals surface area contributed by atoms with E-state index >= 15 is 0 Å². The van der Waals surface area contributed by atoms with E-state index in [2.05, 4.69) is 20.7 Å². The molecule has 0 aliphatic rings. The Bertz CT molecular complexity index is 788. The SMILES string of the molecule is Cc1ccc(-c2cc(C(=O)N/N=C/c3cccs3)[nH]n2)cc1. The molecule has 0 bridgehead atoms. The van der Waals surface area contributed by atoms with Gasteiger partial charge in [-0.15, -0.1) is 11.3 Å². The van der Waals surface area contributed by atoms with Crippen molar-refractivity contribution in [2.24, 2.45) is 5.10 Å². The number of nitrogens with one attached hydrogen (secondary N) is 2. The minimum atomic E-state index is -0.321. The molecule has 0 aliphatic carbocycles. The molecule has 1 amide bonds. The molecule has 3 aromatic rings. The van der Waals surface area contributed by atoms with E-state index in [9.17, 15) is 4.79 Å². The number of carbonyl (C=O) groups is 1. The quantitative estimate of drug-likeness (QED) is 0.574. The fourth-order valence-corrected chi connectivity index (χ4v) is 2.47. The second kappa shape index (κ2) is 6.36. The number of hydrogen-bond donors (Lipinski definition) is 2. The van der Waals surface area contributed by atoms with Crippen LogP contribution < -0.4 is 5.43 Å². The molecular weight excluding hydrogens is 296 g/mol. The van der Waals surface area contributed by atoms with Gasteiger partial charge in [0, 0.05) is 10.4 Å². The van der Waals surface area contributed by atoms with Gasteiger partial charge in [-0.05, 0) is 24.4 Å². The highest BCUT2D eigenvalue weighted by Gasteiger charge is 2.10. The van der Waals surface area contributed by atoms with Gasteiger partial charge in [-0.3, -0.25) is 9.89 Å². The first kappa shape index (κ1) is 14.2. The average Bonchev–Trinajstić information content (AvgIpc) is 3.19. The lowest BCUT2D eigenvalue weighted by molar-refractivity contribution is 0.0950. The number of H-pyrrole nitrogens is 1. The summed E-state index contributed by atoms with van der Waals surface area (Å²) in [6.07, 6.45) is 1.61. The number of aromatic amines is 1. The summed E-state index contributed by atoms with van der Waals surface area (Å²) in [7, 11) is 0. The Hall–Kier alpha value is -2.73. The Labute approximate surface area is 131 Å². The summed E-state index contributed by atoms with van der Waals surface area (Å²) in [5.74, 6) is -0.321. The van der Waals surface area contributed by atoms with Crippen molar-refractivity contribution in [3.8, 4) is 11.3 Å². The lowest BCUT2D eigenvalue weighted by Crippen LogP contribution is -2.17. The van der Waals surface area contributed by atoms with Crippen LogP contribution in [0.25, 0.3) is 11.3 Å². The van der Waals surface area contributed by atoms with Crippen molar-refractivity contribution in [3.05, 3.63) is 64.0 Å². The highest BCUT2D eigenvalue weighted by Crippen LogP contribution is 2.18. The molecule has 6 heteroatoms. The minimum Gasteiger partial charge on any atom is -0.272 e. The third-order valence-corrected chi connectivity index (χ3v) is 3.88. The predicted octanol–water partition coefficient (Wildman–Crippen LogP) is 3.21. The smallest absolute Gasteiger partial charge is 0.272 e. The van der Waals surface area contributed by atoms with E-state index < -0.39 is 0 Å². The van der Waals surface area contributed by atoms with Crippen molar-refractivity contribution in [1.82, 2.24) is 15.6 Å². The summed E-state index contributed by atoms with van der Waals surface area (Å²) in [4.78, 5) is 13.0. The molecule has 3 rings (SSSR count). The second-order valence-electron chi connectivity index (χ2n) is 4.75. The molecular formula is C16H14N4OS. The Morgan fingerprint density at radius 2 is 2.14 bits per heavy atom. The Morgan fingerprint density at radius 3 is 2.86 bits per heavy atom. The number of amides is 1. The molecule has 1 aromatic carbocycles. The Kier molecular flexibility index (Phi) is 4.11. The molecule has 0 aliphatic heterocycles. The van der Waals surface area contributed by atoms with Gasteiger partial charge in [-0.1, -0.05) is 35.9 Å². The molecule has 0 fully saturated rings. The van der Waals surface area contributed by atoms with E-state index in [1.165, 1.54) is 5.56 Å². The lowest BCUT2D eigenvalue weighted by atomic mass is 10.1. The molecule has 0 unspecified atom stereocenters. The van der Waals surface area contributed by atoms with Crippen molar-refractivity contribution in [3.63, 3.8) is 0 Å². The first-order chi connectivity index (χ1) is 10.7. The number of rotatable bonds is 4. The molecule has 0 saturated heterocycles. The van der Waals surface area contributed by atoms with Gasteiger partial charge >= 0.3 is 0 Å². The summed E-state index contributed by atoms with van der Waals surface area (Å²) >= 11 is 1.55. The summed E-state index contributed by atoms with van der Waals surface area (Å²) < 4.78 is 0. The molecule has 5 nitrogen and oxygen atoms in total. The fraction of sp³-hybridized carbons (Fsp3) is 0.0625. The first-order valence-electron chi connectivity index (χ1n) is 6.72. The van der Waals surface area contributed by atoms with Crippen molar-refractivity contribution in [2.75, 3.05) is 0 Å². The van der Waals surface area contributed by atoms with Crippen LogP contribution in [-0.2, 0) is 0 Å². The number of hydrazone groups is 1. The van der Waals surface area contributed by atoms with Gasteiger partial charge < -0.3 is 0 Å². The predicted molar refractivity (Wildman–Crippen MR) is 88.1 cm³/mol. The summed E-state index contributed by atoms with van der Waals surface area (Å²) in [5, 5.41) is 12.8. The third-order valence-electron chi connectivity index (χ3n) is 3.07. The zero-order valence-electron chi connectivity index (χ0n) is 11.9. The van der Waals surface area contributed by atoms with E-state index in [0.29, 0.717) is 5.69 Å². The highest BCUT2D eigenvalue weighted by molar-refractivity contribution is 7.11. The van der Waals surface area contributed by atoms with Gasteiger partial charge in [-0.25, -0.2) is 5.43 Å². The van der Waals surface area contributed by atoms with Crippen LogP contribution in [0.3, 0.4) is 0 Å². The van der Waals surface area contributed by atoms with Crippen molar-refractivity contribution in [2.45, 2.75) is 6.92 Å². The van der Waals surface area contributed by atoms with E-state index in [4.69, 9.17) is 0 Å². The number of benzene rings is 1. The van der Waals surface area contributed by atoms with Gasteiger partial charge in [-0.2, -0.15) is 10.2 Å². The van der Waals surface area contributed by atoms with Gasteiger partial charge in [0.1, 0.15) is 5.69 Å². The topological polar surface area (TPSA) is 70.1 Å². The lowest BCUT2D eigenvalue weighted by Gasteiger charge is -1.96. The number of aromatic nitrogens is 2. The zero-order valence-corrected chi connectivity index (χ0v) is 12.7. The Balaban J connectivity index is 1.68. The van der Waals surface area contributed by atoms with E-state index in [0.717, 1.165) is 16.1 Å². The Morgan fingerprint density at radius 1 is 1.32 bits per heavy atom. The van der Waals surface area contributed by atoms with Gasteiger partial charge in [0.15, 0.2) is 0 Å². The van der Waals surface area contributed by atoms with Crippen molar-refractivity contribution < 1.29 is 4.79 Å². The fourth-order valence-electron chi connectivity index (χ4n) is 1.89. The largest absolute Gasteiger partial charge is 0.289 e. The van der Waals surface area contributed by atoms with Crippen LogP contribution in [0.4, 0.5) is 0 Å². The van der Waals surface area contributed by atoms with Gasteiger partial charge in [0.2, 0.25) is 0 Å². The van der Waals surface area contributed by atoms with Gasteiger partial charge in [0.05, 0.1) is 11.9 Å². The molecule has 110 valence electrons. The van der Waals surface area contributed by atoms with Crippen molar-refractivity contribution in [1.29, 1.82) is 0 Å². The number of thiophene rings is 1. The van der Waals surface area contributed by atoms with Crippen LogP contribution in [0.5, 0.6) is 0 Å². The average molecular weight is 310 g/mol. The maximum Gasteiger partial charge on any atom is 0.289 e. The number of aryl methyl sites for hydroxylation is 1. The summed E-state index contributed by atoms with van der Waals surface area (Å²) in [5.41, 5.74) is 5.72. The molecule has 0 radical (unpaired) electrons. The molecule has 0 atom stereocenters. The third kappa shape index (κ3) is 3.29. The second-order valence-corrected chi connectivity index (χ2v) is 5.73.